The quantitative estimate of drug-likeness (QED) is 0.789. The summed E-state index contributed by atoms with van der Waals surface area (Å²) in [7, 11) is 0. The number of carbonyl (C=O) groups excluding carboxylic acids is 1. The average molecular weight is 287 g/mol. The van der Waals surface area contributed by atoms with Gasteiger partial charge in [0, 0.05) is 18.3 Å². The standard InChI is InChI=1S/C11H17N3O4S/c1-11(2,3)18-10(17)14-8-13-7(6-19-8)4-5-12-9(15)16/h6,12H,4-5H2,1-3H3,(H,15,16)(H,13,14,17). The third-order valence-corrected chi connectivity index (χ3v) is 2.62. The van der Waals surface area contributed by atoms with Gasteiger partial charge in [-0.25, -0.2) is 14.6 Å². The van der Waals surface area contributed by atoms with Gasteiger partial charge in [-0.3, -0.25) is 5.32 Å². The predicted octanol–water partition coefficient (Wildman–Crippen LogP) is 2.30. The molecule has 1 aromatic rings. The van der Waals surface area contributed by atoms with Crippen LogP contribution < -0.4 is 10.6 Å². The molecular weight excluding hydrogens is 270 g/mol. The lowest BCUT2D eigenvalue weighted by Crippen LogP contribution is -2.27. The molecule has 0 aromatic carbocycles. The number of rotatable bonds is 4. The number of carbonyl (C=O) groups is 2. The van der Waals surface area contributed by atoms with Gasteiger partial charge >= 0.3 is 12.2 Å². The Hall–Kier alpha value is -1.83. The monoisotopic (exact) mass is 287 g/mol. The summed E-state index contributed by atoms with van der Waals surface area (Å²) in [5.74, 6) is 0. The lowest BCUT2D eigenvalue weighted by Gasteiger charge is -2.18. The van der Waals surface area contributed by atoms with E-state index in [-0.39, 0.29) is 6.54 Å². The molecule has 19 heavy (non-hydrogen) atoms. The second-order valence-corrected chi connectivity index (χ2v) is 5.61. The highest BCUT2D eigenvalue weighted by Crippen LogP contribution is 2.17. The van der Waals surface area contributed by atoms with E-state index in [0.717, 1.165) is 0 Å². The Morgan fingerprint density at radius 3 is 2.74 bits per heavy atom. The van der Waals surface area contributed by atoms with Crippen molar-refractivity contribution < 1.29 is 19.4 Å². The molecule has 1 rings (SSSR count). The molecule has 0 spiro atoms. The highest BCUT2D eigenvalue weighted by molar-refractivity contribution is 7.13. The van der Waals surface area contributed by atoms with Gasteiger partial charge in [-0.05, 0) is 20.8 Å². The van der Waals surface area contributed by atoms with Crippen LogP contribution in [0.4, 0.5) is 14.7 Å². The zero-order valence-electron chi connectivity index (χ0n) is 11.0. The Balaban J connectivity index is 2.42. The van der Waals surface area contributed by atoms with Crippen molar-refractivity contribution in [3.05, 3.63) is 11.1 Å². The van der Waals surface area contributed by atoms with Crippen LogP contribution >= 0.6 is 11.3 Å². The highest BCUT2D eigenvalue weighted by Gasteiger charge is 2.17. The minimum atomic E-state index is -1.07. The van der Waals surface area contributed by atoms with Crippen LogP contribution in [0, 0.1) is 0 Å². The average Bonchev–Trinajstić information content (AvgIpc) is 2.61. The Morgan fingerprint density at radius 2 is 2.16 bits per heavy atom. The van der Waals surface area contributed by atoms with Crippen LogP contribution in [-0.2, 0) is 11.2 Å². The molecular formula is C11H17N3O4S. The summed E-state index contributed by atoms with van der Waals surface area (Å²) in [6.45, 7) is 5.61. The number of ether oxygens (including phenoxy) is 1. The summed E-state index contributed by atoms with van der Waals surface area (Å²) in [4.78, 5) is 25.9. The Bertz CT molecular complexity index is 453. The Morgan fingerprint density at radius 1 is 1.47 bits per heavy atom. The van der Waals surface area contributed by atoms with E-state index < -0.39 is 17.8 Å². The maximum absolute atomic E-state index is 11.5. The number of nitrogens with one attached hydrogen (secondary N) is 2. The summed E-state index contributed by atoms with van der Waals surface area (Å²) in [5.41, 5.74) is 0.153. The molecule has 0 radical (unpaired) electrons. The molecule has 0 aliphatic rings. The van der Waals surface area contributed by atoms with Crippen molar-refractivity contribution in [1.82, 2.24) is 10.3 Å². The van der Waals surface area contributed by atoms with Crippen LogP contribution in [0.15, 0.2) is 5.38 Å². The number of thiazole rings is 1. The lowest BCUT2D eigenvalue weighted by molar-refractivity contribution is 0.0636. The van der Waals surface area contributed by atoms with Crippen molar-refractivity contribution in [1.29, 1.82) is 0 Å². The maximum Gasteiger partial charge on any atom is 0.413 e. The second kappa shape index (κ2) is 6.37. The Labute approximate surface area is 115 Å². The summed E-state index contributed by atoms with van der Waals surface area (Å²) >= 11 is 1.26. The van der Waals surface area contributed by atoms with E-state index in [1.807, 2.05) is 0 Å². The number of nitrogens with zero attached hydrogens (tertiary/aromatic N) is 1. The van der Waals surface area contributed by atoms with Crippen LogP contribution in [0.1, 0.15) is 26.5 Å². The molecule has 0 atom stereocenters. The van der Waals surface area contributed by atoms with Crippen molar-refractivity contribution in [3.8, 4) is 0 Å². The van der Waals surface area contributed by atoms with E-state index in [1.165, 1.54) is 11.3 Å². The molecule has 1 heterocycles. The van der Waals surface area contributed by atoms with Gasteiger partial charge in [-0.15, -0.1) is 11.3 Å². The zero-order chi connectivity index (χ0) is 14.5. The molecule has 7 nitrogen and oxygen atoms in total. The molecule has 0 bridgehead atoms. The fourth-order valence-electron chi connectivity index (χ4n) is 1.17. The van der Waals surface area contributed by atoms with Gasteiger partial charge in [-0.2, -0.15) is 0 Å². The Kier molecular flexibility index (Phi) is 5.11. The molecule has 0 saturated carbocycles. The van der Waals surface area contributed by atoms with E-state index >= 15 is 0 Å². The van der Waals surface area contributed by atoms with Gasteiger partial charge in [0.2, 0.25) is 0 Å². The molecule has 0 unspecified atom stereocenters. The molecule has 0 fully saturated rings. The molecule has 0 aliphatic heterocycles. The minimum Gasteiger partial charge on any atom is -0.465 e. The van der Waals surface area contributed by atoms with E-state index in [1.54, 1.807) is 26.2 Å². The highest BCUT2D eigenvalue weighted by atomic mass is 32.1. The summed E-state index contributed by atoms with van der Waals surface area (Å²) in [6.07, 6.45) is -1.15. The number of aromatic nitrogens is 1. The van der Waals surface area contributed by atoms with E-state index in [9.17, 15) is 9.59 Å². The number of anilines is 1. The smallest absolute Gasteiger partial charge is 0.413 e. The SMILES string of the molecule is CC(C)(C)OC(=O)Nc1nc(CCNC(=O)O)cs1. The molecule has 0 saturated heterocycles. The third-order valence-electron chi connectivity index (χ3n) is 1.82. The maximum atomic E-state index is 11.5. The summed E-state index contributed by atoms with van der Waals surface area (Å²) < 4.78 is 5.09. The first kappa shape index (κ1) is 15.2. The third kappa shape index (κ3) is 6.61. The number of amides is 2. The first-order valence-corrected chi connectivity index (χ1v) is 6.55. The lowest BCUT2D eigenvalue weighted by atomic mass is 10.2. The first-order chi connectivity index (χ1) is 8.76. The van der Waals surface area contributed by atoms with E-state index in [4.69, 9.17) is 9.84 Å². The van der Waals surface area contributed by atoms with Crippen LogP contribution in [-0.4, -0.2) is 34.4 Å². The predicted molar refractivity (Wildman–Crippen MR) is 71.7 cm³/mol. The van der Waals surface area contributed by atoms with Gasteiger partial charge in [0.05, 0.1) is 5.69 Å². The van der Waals surface area contributed by atoms with Crippen LogP contribution in [0.5, 0.6) is 0 Å². The molecule has 2 amide bonds. The van der Waals surface area contributed by atoms with Crippen LogP contribution in [0.25, 0.3) is 0 Å². The zero-order valence-corrected chi connectivity index (χ0v) is 11.8. The fraction of sp³-hybridized carbons (Fsp3) is 0.545. The number of hydrogen-bond acceptors (Lipinski definition) is 5. The van der Waals surface area contributed by atoms with Gasteiger partial charge in [0.1, 0.15) is 5.60 Å². The first-order valence-electron chi connectivity index (χ1n) is 5.67. The molecule has 8 heteroatoms. The molecule has 3 N–H and O–H groups in total. The van der Waals surface area contributed by atoms with Crippen molar-refractivity contribution in [2.45, 2.75) is 32.8 Å². The van der Waals surface area contributed by atoms with Gasteiger partial charge < -0.3 is 15.2 Å². The van der Waals surface area contributed by atoms with E-state index in [2.05, 4.69) is 15.6 Å². The topological polar surface area (TPSA) is 101 Å². The van der Waals surface area contributed by atoms with Gasteiger partial charge in [0.25, 0.3) is 0 Å². The fourth-order valence-corrected chi connectivity index (χ4v) is 1.90. The number of hydrogen-bond donors (Lipinski definition) is 3. The van der Waals surface area contributed by atoms with Crippen molar-refractivity contribution in [3.63, 3.8) is 0 Å². The molecule has 1 aromatic heterocycles. The minimum absolute atomic E-state index is 0.283. The van der Waals surface area contributed by atoms with Crippen molar-refractivity contribution >= 4 is 28.7 Å². The van der Waals surface area contributed by atoms with Crippen LogP contribution in [0.2, 0.25) is 0 Å². The summed E-state index contributed by atoms with van der Waals surface area (Å²) in [5, 5.41) is 15.4. The second-order valence-electron chi connectivity index (χ2n) is 4.75. The van der Waals surface area contributed by atoms with Gasteiger partial charge in [-0.1, -0.05) is 0 Å². The summed E-state index contributed by atoms with van der Waals surface area (Å²) in [6, 6.07) is 0. The van der Waals surface area contributed by atoms with Crippen LogP contribution in [0.3, 0.4) is 0 Å². The number of carboxylic acid groups (broad SMARTS) is 1. The molecule has 106 valence electrons. The molecule has 0 aliphatic carbocycles. The van der Waals surface area contributed by atoms with Crippen molar-refractivity contribution in [2.75, 3.05) is 11.9 Å². The normalized spacial score (nSPS) is 10.9. The largest absolute Gasteiger partial charge is 0.465 e. The van der Waals surface area contributed by atoms with Gasteiger partial charge in [0.15, 0.2) is 5.13 Å². The van der Waals surface area contributed by atoms with Crippen molar-refractivity contribution in [2.24, 2.45) is 0 Å². The van der Waals surface area contributed by atoms with E-state index in [0.29, 0.717) is 17.2 Å².